The van der Waals surface area contributed by atoms with Gasteiger partial charge in [-0.25, -0.2) is 13.2 Å². The predicted molar refractivity (Wildman–Crippen MR) is 173 cm³/mol. The van der Waals surface area contributed by atoms with Crippen molar-refractivity contribution in [3.8, 4) is 5.75 Å². The van der Waals surface area contributed by atoms with Gasteiger partial charge in [0.25, 0.3) is 10.0 Å². The summed E-state index contributed by atoms with van der Waals surface area (Å²) in [5.74, 6) is -0.104. The molecule has 0 aliphatic carbocycles. The van der Waals surface area contributed by atoms with E-state index >= 15 is 0 Å². The monoisotopic (exact) mass is 606 g/mol. The number of rotatable bonds is 5. The molecule has 0 amide bonds. The van der Waals surface area contributed by atoms with Gasteiger partial charge in [-0.3, -0.25) is 4.31 Å². The van der Waals surface area contributed by atoms with Crippen LogP contribution in [0.25, 0.3) is 5.57 Å². The summed E-state index contributed by atoms with van der Waals surface area (Å²) in [6, 6.07) is 25.6. The zero-order chi connectivity index (χ0) is 31.4. The van der Waals surface area contributed by atoms with Gasteiger partial charge >= 0.3 is 5.97 Å². The average molecular weight is 607 g/mol. The molecule has 8 heteroatoms. The van der Waals surface area contributed by atoms with E-state index in [0.29, 0.717) is 17.0 Å². The van der Waals surface area contributed by atoms with Gasteiger partial charge in [-0.1, -0.05) is 67.9 Å². The molecule has 7 nitrogen and oxygen atoms in total. The summed E-state index contributed by atoms with van der Waals surface area (Å²) in [5.41, 5.74) is 4.77. The van der Waals surface area contributed by atoms with Gasteiger partial charge in [0.05, 0.1) is 33.3 Å². The van der Waals surface area contributed by atoms with E-state index in [1.807, 2.05) is 76.1 Å². The number of esters is 1. The first-order valence-corrected chi connectivity index (χ1v) is 15.8. The molecule has 4 aromatic carbocycles. The van der Waals surface area contributed by atoms with Gasteiger partial charge in [-0.15, -0.1) is 0 Å². The minimum Gasteiger partial charge on any atom is -0.508 e. The lowest BCUT2D eigenvalue weighted by Crippen LogP contribution is -2.47. The quantitative estimate of drug-likeness (QED) is 0.237. The fourth-order valence-corrected chi connectivity index (χ4v) is 7.99. The Hall–Kier alpha value is -4.82. The molecule has 0 saturated heterocycles. The summed E-state index contributed by atoms with van der Waals surface area (Å²) in [7, 11) is -4.06. The fraction of sp³-hybridized carbons (Fsp3) is 0.194. The molecule has 44 heavy (non-hydrogen) atoms. The van der Waals surface area contributed by atoms with Crippen molar-refractivity contribution in [2.45, 2.75) is 45.6 Å². The highest BCUT2D eigenvalue weighted by atomic mass is 32.2. The van der Waals surface area contributed by atoms with Crippen LogP contribution in [0.15, 0.2) is 114 Å². The lowest BCUT2D eigenvalue weighted by molar-refractivity contribution is 0.0541. The average Bonchev–Trinajstić information content (AvgIpc) is 3.27. The van der Waals surface area contributed by atoms with Crippen LogP contribution in [0.1, 0.15) is 46.5 Å². The lowest BCUT2D eigenvalue weighted by atomic mass is 9.79. The third-order valence-corrected chi connectivity index (χ3v) is 10.2. The van der Waals surface area contributed by atoms with Crippen molar-refractivity contribution in [2.75, 3.05) is 9.21 Å². The van der Waals surface area contributed by atoms with Crippen molar-refractivity contribution >= 4 is 32.9 Å². The molecular formula is C36H34N2O5S. The number of nitrogens with zero attached hydrogens (tertiary/aromatic N) is 2. The van der Waals surface area contributed by atoms with E-state index in [0.717, 1.165) is 33.5 Å². The van der Waals surface area contributed by atoms with E-state index in [-0.39, 0.29) is 10.6 Å². The normalized spacial score (nSPS) is 17.2. The second-order valence-corrected chi connectivity index (χ2v) is 13.7. The smallest absolute Gasteiger partial charge is 0.343 e. The van der Waals surface area contributed by atoms with Gasteiger partial charge in [0, 0.05) is 23.5 Å². The molecule has 2 aliphatic rings. The van der Waals surface area contributed by atoms with Crippen molar-refractivity contribution in [3.63, 3.8) is 0 Å². The molecule has 0 spiro atoms. The molecule has 2 heterocycles. The van der Waals surface area contributed by atoms with Gasteiger partial charge < -0.3 is 14.7 Å². The number of ether oxygens (including phenoxy) is 1. The second kappa shape index (κ2) is 10.7. The first-order valence-electron chi connectivity index (χ1n) is 14.4. The van der Waals surface area contributed by atoms with E-state index in [1.165, 1.54) is 4.31 Å². The van der Waals surface area contributed by atoms with Crippen molar-refractivity contribution < 1.29 is 23.1 Å². The van der Waals surface area contributed by atoms with Crippen LogP contribution >= 0.6 is 0 Å². The molecule has 1 unspecified atom stereocenters. The largest absolute Gasteiger partial charge is 0.508 e. The molecule has 224 valence electrons. The Morgan fingerprint density at radius 3 is 2.11 bits per heavy atom. The minimum absolute atomic E-state index is 0.144. The Morgan fingerprint density at radius 1 is 0.841 bits per heavy atom. The Kier molecular flexibility index (Phi) is 7.13. The number of carbonyl (C=O) groups excluding carboxylic acids is 1. The summed E-state index contributed by atoms with van der Waals surface area (Å²) in [6.45, 7) is 9.51. The van der Waals surface area contributed by atoms with Crippen LogP contribution in [-0.2, 0) is 14.8 Å². The van der Waals surface area contributed by atoms with Crippen LogP contribution in [0.2, 0.25) is 0 Å². The molecule has 0 aromatic heterocycles. The van der Waals surface area contributed by atoms with Crippen molar-refractivity contribution in [1.29, 1.82) is 0 Å². The maximum absolute atomic E-state index is 14.5. The molecule has 0 bridgehead atoms. The number of carbonyl (C=O) groups is 1. The van der Waals surface area contributed by atoms with Gasteiger partial charge in [0.2, 0.25) is 0 Å². The van der Waals surface area contributed by atoms with E-state index in [2.05, 4.69) is 0 Å². The first-order chi connectivity index (χ1) is 20.9. The molecule has 6 rings (SSSR count). The van der Waals surface area contributed by atoms with Gasteiger partial charge in [0.1, 0.15) is 11.5 Å². The van der Waals surface area contributed by atoms with Crippen LogP contribution in [-0.4, -0.2) is 25.5 Å². The minimum atomic E-state index is -4.06. The zero-order valence-corrected chi connectivity index (χ0v) is 26.1. The number of anilines is 2. The molecule has 0 saturated carbocycles. The summed E-state index contributed by atoms with van der Waals surface area (Å²) in [6.07, 6.45) is 3.68. The highest BCUT2D eigenvalue weighted by Gasteiger charge is 2.52. The van der Waals surface area contributed by atoms with Crippen LogP contribution in [0, 0.1) is 26.2 Å². The molecule has 0 radical (unpaired) electrons. The zero-order valence-electron chi connectivity index (χ0n) is 25.3. The number of sulfonamides is 1. The van der Waals surface area contributed by atoms with Crippen LogP contribution in [0.3, 0.4) is 0 Å². The van der Waals surface area contributed by atoms with E-state index in [9.17, 15) is 18.3 Å². The molecule has 2 aliphatic heterocycles. The summed E-state index contributed by atoms with van der Waals surface area (Å²) >= 11 is 0. The van der Waals surface area contributed by atoms with Crippen molar-refractivity contribution in [3.05, 3.63) is 137 Å². The van der Waals surface area contributed by atoms with Crippen LogP contribution in [0.4, 0.5) is 11.4 Å². The highest BCUT2D eigenvalue weighted by Crippen LogP contribution is 2.54. The number of phenols is 1. The van der Waals surface area contributed by atoms with Crippen LogP contribution < -0.4 is 9.21 Å². The standard InChI is InChI=1S/C36H34N2O5S/c1-23-15-17-28(18-16-23)44(41,42)38-31-14-10-9-13-29(31)30-21-37(33-24(2)19-27(39)20-25(33)3)22-32(36(4,5)34(30)38)43-35(40)26-11-7-6-8-12-26/h6-22,34,39H,1-5H3. The summed E-state index contributed by atoms with van der Waals surface area (Å²) in [4.78, 5) is 15.6. The molecule has 1 N–H and O–H groups in total. The summed E-state index contributed by atoms with van der Waals surface area (Å²) in [5, 5.41) is 10.3. The lowest BCUT2D eigenvalue weighted by Gasteiger charge is -2.38. The van der Waals surface area contributed by atoms with E-state index in [1.54, 1.807) is 66.9 Å². The number of aryl methyl sites for hydroxylation is 3. The van der Waals surface area contributed by atoms with Crippen molar-refractivity contribution in [2.24, 2.45) is 5.41 Å². The highest BCUT2D eigenvalue weighted by molar-refractivity contribution is 7.93. The molecule has 0 fully saturated rings. The molecule has 1 atom stereocenters. The van der Waals surface area contributed by atoms with Gasteiger partial charge in [-0.2, -0.15) is 0 Å². The van der Waals surface area contributed by atoms with E-state index in [4.69, 9.17) is 4.74 Å². The van der Waals surface area contributed by atoms with E-state index < -0.39 is 27.4 Å². The topological polar surface area (TPSA) is 87.2 Å². The van der Waals surface area contributed by atoms with Crippen molar-refractivity contribution in [1.82, 2.24) is 0 Å². The number of fused-ring (bicyclic) bond motifs is 3. The Morgan fingerprint density at radius 2 is 1.45 bits per heavy atom. The summed E-state index contributed by atoms with van der Waals surface area (Å²) < 4.78 is 36.8. The number of hydrogen-bond acceptors (Lipinski definition) is 6. The Bertz CT molecular complexity index is 1920. The third-order valence-electron chi connectivity index (χ3n) is 8.36. The van der Waals surface area contributed by atoms with Crippen LogP contribution in [0.5, 0.6) is 5.75 Å². The fourth-order valence-electron chi connectivity index (χ4n) is 6.21. The first kappa shape index (κ1) is 29.3. The SMILES string of the molecule is Cc1ccc(S(=O)(=O)N2c3ccccc3C3=CN(c4c(C)cc(O)cc4C)C=C(OC(=O)c4ccccc4)C(C)(C)C32)cc1. The second-order valence-electron chi connectivity index (χ2n) is 11.9. The Balaban J connectivity index is 1.60. The van der Waals surface area contributed by atoms with Gasteiger partial charge in [0.15, 0.2) is 0 Å². The predicted octanol–water partition coefficient (Wildman–Crippen LogP) is 7.48. The molecular weight excluding hydrogens is 572 g/mol. The number of benzene rings is 4. The number of phenolic OH excluding ortho intramolecular Hbond substituents is 1. The number of hydrogen-bond donors (Lipinski definition) is 1. The number of aromatic hydroxyl groups is 1. The maximum atomic E-state index is 14.5. The maximum Gasteiger partial charge on any atom is 0.343 e. The molecule has 4 aromatic rings. The number of para-hydroxylation sites is 1. The third kappa shape index (κ3) is 4.85. The Labute approximate surface area is 258 Å². The van der Waals surface area contributed by atoms with Gasteiger partial charge in [-0.05, 0) is 74.4 Å².